The smallest absolute Gasteiger partial charge is 0.410 e. The Kier molecular flexibility index (Phi) is 4.88. The van der Waals surface area contributed by atoms with Crippen LogP contribution in [-0.4, -0.2) is 48.9 Å². The number of nitrogens with zero attached hydrogens (tertiary/aromatic N) is 1. The number of carbonyl (C=O) groups is 1. The molecule has 2 aliphatic heterocycles. The highest BCUT2D eigenvalue weighted by molar-refractivity contribution is 5.68. The number of carbonyl (C=O) groups excluding carboxylic acids is 1. The van der Waals surface area contributed by atoms with Gasteiger partial charge in [-0.3, -0.25) is 0 Å². The molecule has 3 rings (SSSR count). The van der Waals surface area contributed by atoms with Gasteiger partial charge in [-0.2, -0.15) is 0 Å². The van der Waals surface area contributed by atoms with Gasteiger partial charge in [0.2, 0.25) is 0 Å². The SMILES string of the molecule is CC(C)(C)OC(=O)N1C[C@H](NCc2ccco2)C2(CCOCC2)C1. The van der Waals surface area contributed by atoms with Gasteiger partial charge in [0.05, 0.1) is 12.8 Å². The molecule has 0 aliphatic carbocycles. The number of furan rings is 1. The van der Waals surface area contributed by atoms with Crippen LogP contribution >= 0.6 is 0 Å². The van der Waals surface area contributed by atoms with Crippen molar-refractivity contribution >= 4 is 6.09 Å². The van der Waals surface area contributed by atoms with Gasteiger partial charge in [-0.25, -0.2) is 4.79 Å². The third-order valence-corrected chi connectivity index (χ3v) is 4.89. The average molecular weight is 336 g/mol. The maximum atomic E-state index is 12.5. The Morgan fingerprint density at radius 3 is 2.79 bits per heavy atom. The molecule has 1 amide bonds. The summed E-state index contributed by atoms with van der Waals surface area (Å²) < 4.78 is 16.5. The quantitative estimate of drug-likeness (QED) is 0.919. The van der Waals surface area contributed by atoms with Crippen molar-refractivity contribution in [2.24, 2.45) is 5.41 Å². The maximum absolute atomic E-state index is 12.5. The summed E-state index contributed by atoms with van der Waals surface area (Å²) in [4.78, 5) is 14.3. The van der Waals surface area contributed by atoms with Crippen LogP contribution in [0.3, 0.4) is 0 Å². The maximum Gasteiger partial charge on any atom is 0.410 e. The van der Waals surface area contributed by atoms with Crippen LogP contribution in [0.4, 0.5) is 4.79 Å². The van der Waals surface area contributed by atoms with Crippen molar-refractivity contribution in [3.8, 4) is 0 Å². The van der Waals surface area contributed by atoms with Crippen molar-refractivity contribution in [1.82, 2.24) is 10.2 Å². The lowest BCUT2D eigenvalue weighted by atomic mass is 9.76. The second kappa shape index (κ2) is 6.76. The summed E-state index contributed by atoms with van der Waals surface area (Å²) >= 11 is 0. The Balaban J connectivity index is 1.68. The summed E-state index contributed by atoms with van der Waals surface area (Å²) in [5.74, 6) is 0.910. The van der Waals surface area contributed by atoms with Crippen LogP contribution in [0.2, 0.25) is 0 Å². The molecule has 1 aromatic rings. The zero-order valence-corrected chi connectivity index (χ0v) is 14.8. The third-order valence-electron chi connectivity index (χ3n) is 4.89. The molecule has 1 atom stereocenters. The minimum Gasteiger partial charge on any atom is -0.468 e. The van der Waals surface area contributed by atoms with Crippen LogP contribution in [0.5, 0.6) is 0 Å². The lowest BCUT2D eigenvalue weighted by Gasteiger charge is -2.38. The first kappa shape index (κ1) is 17.3. The minimum atomic E-state index is -0.473. The molecule has 2 fully saturated rings. The van der Waals surface area contributed by atoms with E-state index in [9.17, 15) is 4.79 Å². The molecule has 6 nitrogen and oxygen atoms in total. The first-order valence-corrected chi connectivity index (χ1v) is 8.69. The topological polar surface area (TPSA) is 63.9 Å². The highest BCUT2D eigenvalue weighted by Crippen LogP contribution is 2.40. The van der Waals surface area contributed by atoms with E-state index in [1.165, 1.54) is 0 Å². The molecule has 2 aliphatic rings. The number of likely N-dealkylation sites (tertiary alicyclic amines) is 1. The summed E-state index contributed by atoms with van der Waals surface area (Å²) in [5.41, 5.74) is -0.415. The van der Waals surface area contributed by atoms with Gasteiger partial charge < -0.3 is 24.1 Å². The van der Waals surface area contributed by atoms with Crippen LogP contribution in [0.25, 0.3) is 0 Å². The number of hydrogen-bond acceptors (Lipinski definition) is 5. The van der Waals surface area contributed by atoms with Crippen molar-refractivity contribution in [3.05, 3.63) is 24.2 Å². The second-order valence-electron chi connectivity index (χ2n) is 7.85. The fourth-order valence-electron chi connectivity index (χ4n) is 3.64. The van der Waals surface area contributed by atoms with Gasteiger partial charge in [0, 0.05) is 37.8 Å². The van der Waals surface area contributed by atoms with Gasteiger partial charge in [0.1, 0.15) is 11.4 Å². The molecule has 134 valence electrons. The van der Waals surface area contributed by atoms with E-state index in [0.717, 1.165) is 38.4 Å². The highest BCUT2D eigenvalue weighted by atomic mass is 16.6. The third kappa shape index (κ3) is 3.92. The molecule has 0 radical (unpaired) electrons. The van der Waals surface area contributed by atoms with E-state index in [4.69, 9.17) is 13.9 Å². The number of hydrogen-bond donors (Lipinski definition) is 1. The van der Waals surface area contributed by atoms with Crippen LogP contribution < -0.4 is 5.32 Å². The molecule has 24 heavy (non-hydrogen) atoms. The van der Waals surface area contributed by atoms with Gasteiger partial charge in [-0.1, -0.05) is 0 Å². The van der Waals surface area contributed by atoms with Gasteiger partial charge in [0.15, 0.2) is 0 Å². The van der Waals surface area contributed by atoms with Crippen molar-refractivity contribution in [1.29, 1.82) is 0 Å². The van der Waals surface area contributed by atoms with E-state index in [-0.39, 0.29) is 17.6 Å². The monoisotopic (exact) mass is 336 g/mol. The van der Waals surface area contributed by atoms with Crippen LogP contribution in [0.15, 0.2) is 22.8 Å². The predicted molar refractivity (Wildman–Crippen MR) is 89.6 cm³/mol. The summed E-state index contributed by atoms with van der Waals surface area (Å²) in [6.45, 7) is 9.26. The fraction of sp³-hybridized carbons (Fsp3) is 0.722. The number of ether oxygens (including phenoxy) is 2. The van der Waals surface area contributed by atoms with Gasteiger partial charge in [-0.15, -0.1) is 0 Å². The van der Waals surface area contributed by atoms with Gasteiger partial charge >= 0.3 is 6.09 Å². The zero-order valence-electron chi connectivity index (χ0n) is 14.8. The van der Waals surface area contributed by atoms with Gasteiger partial charge in [0.25, 0.3) is 0 Å². The molecule has 0 unspecified atom stereocenters. The molecular weight excluding hydrogens is 308 g/mol. The van der Waals surface area contributed by atoms with Crippen molar-refractivity contribution in [3.63, 3.8) is 0 Å². The number of nitrogens with one attached hydrogen (secondary N) is 1. The predicted octanol–water partition coefficient (Wildman–Crippen LogP) is 2.79. The van der Waals surface area contributed by atoms with E-state index >= 15 is 0 Å². The molecule has 1 spiro atoms. The molecule has 0 saturated carbocycles. The first-order chi connectivity index (χ1) is 11.4. The normalized spacial score (nSPS) is 23.6. The van der Waals surface area contributed by atoms with E-state index in [1.54, 1.807) is 6.26 Å². The Morgan fingerprint density at radius 1 is 1.42 bits per heavy atom. The first-order valence-electron chi connectivity index (χ1n) is 8.69. The van der Waals surface area contributed by atoms with Crippen molar-refractivity contribution in [2.45, 2.75) is 51.8 Å². The van der Waals surface area contributed by atoms with Crippen LogP contribution in [0.1, 0.15) is 39.4 Å². The average Bonchev–Trinajstić information content (AvgIpc) is 3.13. The van der Waals surface area contributed by atoms with Crippen LogP contribution in [-0.2, 0) is 16.0 Å². The Morgan fingerprint density at radius 2 is 2.17 bits per heavy atom. The Bertz CT molecular complexity index is 544. The molecule has 3 heterocycles. The largest absolute Gasteiger partial charge is 0.468 e. The minimum absolute atomic E-state index is 0.0573. The van der Waals surface area contributed by atoms with E-state index in [0.29, 0.717) is 13.1 Å². The standard InChI is InChI=1S/C18H28N2O4/c1-17(2,3)24-16(21)20-12-15(19-11-14-5-4-8-23-14)18(13-20)6-9-22-10-7-18/h4-5,8,15,19H,6-7,9-13H2,1-3H3/t15-/m0/s1. The number of rotatable bonds is 3. The summed E-state index contributed by atoms with van der Waals surface area (Å²) in [6.07, 6.45) is 3.38. The summed E-state index contributed by atoms with van der Waals surface area (Å²) in [5, 5.41) is 3.59. The molecule has 1 N–H and O–H groups in total. The van der Waals surface area contributed by atoms with E-state index < -0.39 is 5.60 Å². The molecule has 1 aromatic heterocycles. The molecular formula is C18H28N2O4. The Labute approximate surface area is 143 Å². The van der Waals surface area contributed by atoms with Crippen molar-refractivity contribution < 1.29 is 18.7 Å². The van der Waals surface area contributed by atoms with E-state index in [1.807, 2.05) is 37.8 Å². The molecule has 2 saturated heterocycles. The lowest BCUT2D eigenvalue weighted by molar-refractivity contribution is 0.00175. The highest BCUT2D eigenvalue weighted by Gasteiger charge is 2.49. The van der Waals surface area contributed by atoms with Crippen molar-refractivity contribution in [2.75, 3.05) is 26.3 Å². The second-order valence-corrected chi connectivity index (χ2v) is 7.85. The summed E-state index contributed by atoms with van der Waals surface area (Å²) in [6, 6.07) is 4.08. The number of amides is 1. The summed E-state index contributed by atoms with van der Waals surface area (Å²) in [7, 11) is 0. The molecule has 0 aromatic carbocycles. The molecule has 0 bridgehead atoms. The fourth-order valence-corrected chi connectivity index (χ4v) is 3.64. The Hall–Kier alpha value is -1.53. The zero-order chi connectivity index (χ0) is 17.2. The van der Waals surface area contributed by atoms with Crippen LogP contribution in [0, 0.1) is 5.41 Å². The van der Waals surface area contributed by atoms with E-state index in [2.05, 4.69) is 5.32 Å². The molecule has 6 heteroatoms. The van der Waals surface area contributed by atoms with Gasteiger partial charge in [-0.05, 0) is 45.7 Å². The lowest BCUT2D eigenvalue weighted by Crippen LogP contribution is -2.47.